The smallest absolute Gasteiger partial charge is 0.310 e. The van der Waals surface area contributed by atoms with Crippen molar-refractivity contribution >= 4 is 5.97 Å². The van der Waals surface area contributed by atoms with Gasteiger partial charge in [-0.2, -0.15) is 5.10 Å². The third-order valence-electron chi connectivity index (χ3n) is 3.51. The van der Waals surface area contributed by atoms with Gasteiger partial charge < -0.3 is 5.11 Å². The van der Waals surface area contributed by atoms with Crippen LogP contribution in [0.4, 0.5) is 0 Å². The maximum absolute atomic E-state index is 11.0. The molecule has 0 aliphatic rings. The Bertz CT molecular complexity index is 604. The first-order chi connectivity index (χ1) is 9.95. The van der Waals surface area contributed by atoms with E-state index in [2.05, 4.69) is 17.0 Å². The van der Waals surface area contributed by atoms with E-state index in [1.54, 1.807) is 11.6 Å². The van der Waals surface area contributed by atoms with Gasteiger partial charge in [0.1, 0.15) is 0 Å². The Morgan fingerprint density at radius 2 is 1.90 bits per heavy atom. The SMILES string of the molecule is CC(C(=O)O)c1ccc(CN(C)Cc2cnn(C)c2)cc1. The third kappa shape index (κ3) is 4.16. The molecule has 0 aliphatic carbocycles. The lowest BCUT2D eigenvalue weighted by Gasteiger charge is -2.16. The maximum Gasteiger partial charge on any atom is 0.310 e. The Labute approximate surface area is 124 Å². The van der Waals surface area contributed by atoms with Crippen LogP contribution in [0.1, 0.15) is 29.5 Å². The molecule has 0 bridgehead atoms. The fraction of sp³-hybridized carbons (Fsp3) is 0.375. The van der Waals surface area contributed by atoms with Crippen molar-refractivity contribution in [2.24, 2.45) is 7.05 Å². The minimum absolute atomic E-state index is 0.466. The molecule has 0 fully saturated rings. The van der Waals surface area contributed by atoms with Crippen LogP contribution >= 0.6 is 0 Å². The summed E-state index contributed by atoms with van der Waals surface area (Å²) in [6.45, 7) is 3.35. The number of carboxylic acid groups (broad SMARTS) is 1. The molecule has 1 aromatic heterocycles. The predicted octanol–water partition coefficient (Wildman–Crippen LogP) is 2.24. The van der Waals surface area contributed by atoms with E-state index in [1.807, 2.05) is 43.7 Å². The first-order valence-electron chi connectivity index (χ1n) is 6.93. The molecule has 0 radical (unpaired) electrons. The summed E-state index contributed by atoms with van der Waals surface area (Å²) in [5.74, 6) is -1.26. The summed E-state index contributed by atoms with van der Waals surface area (Å²) in [4.78, 5) is 13.2. The normalized spacial score (nSPS) is 12.6. The van der Waals surface area contributed by atoms with Gasteiger partial charge in [0.25, 0.3) is 0 Å². The summed E-state index contributed by atoms with van der Waals surface area (Å²) < 4.78 is 1.80. The van der Waals surface area contributed by atoms with Crippen LogP contribution in [0, 0.1) is 0 Å². The summed E-state index contributed by atoms with van der Waals surface area (Å²) >= 11 is 0. The van der Waals surface area contributed by atoms with E-state index in [9.17, 15) is 4.79 Å². The summed E-state index contributed by atoms with van der Waals surface area (Å²) in [6, 6.07) is 7.78. The number of benzene rings is 1. The van der Waals surface area contributed by atoms with Crippen LogP contribution in [0.25, 0.3) is 0 Å². The average molecular weight is 287 g/mol. The highest BCUT2D eigenvalue weighted by Crippen LogP contribution is 2.17. The summed E-state index contributed by atoms with van der Waals surface area (Å²) in [5, 5.41) is 13.2. The Kier molecular flexibility index (Phi) is 4.75. The molecular weight excluding hydrogens is 266 g/mol. The van der Waals surface area contributed by atoms with Gasteiger partial charge in [0, 0.05) is 31.9 Å². The van der Waals surface area contributed by atoms with E-state index in [-0.39, 0.29) is 0 Å². The van der Waals surface area contributed by atoms with E-state index in [1.165, 1.54) is 11.1 Å². The molecule has 5 nitrogen and oxygen atoms in total. The molecular formula is C16H21N3O2. The molecule has 5 heteroatoms. The van der Waals surface area contributed by atoms with E-state index < -0.39 is 11.9 Å². The van der Waals surface area contributed by atoms with E-state index in [0.717, 1.165) is 18.7 Å². The van der Waals surface area contributed by atoms with Gasteiger partial charge in [-0.15, -0.1) is 0 Å². The monoisotopic (exact) mass is 287 g/mol. The van der Waals surface area contributed by atoms with Gasteiger partial charge in [-0.05, 0) is 25.1 Å². The molecule has 1 aromatic carbocycles. The van der Waals surface area contributed by atoms with Crippen LogP contribution < -0.4 is 0 Å². The molecule has 1 N–H and O–H groups in total. The van der Waals surface area contributed by atoms with E-state index in [4.69, 9.17) is 5.11 Å². The molecule has 21 heavy (non-hydrogen) atoms. The number of carboxylic acids is 1. The van der Waals surface area contributed by atoms with Crippen molar-refractivity contribution in [1.29, 1.82) is 0 Å². The van der Waals surface area contributed by atoms with Crippen LogP contribution in [0.5, 0.6) is 0 Å². The molecule has 0 saturated heterocycles. The Balaban J connectivity index is 1.95. The highest BCUT2D eigenvalue weighted by molar-refractivity contribution is 5.75. The van der Waals surface area contributed by atoms with Gasteiger partial charge in [-0.3, -0.25) is 14.4 Å². The Morgan fingerprint density at radius 3 is 2.43 bits per heavy atom. The van der Waals surface area contributed by atoms with E-state index >= 15 is 0 Å². The number of rotatable bonds is 6. The Hall–Kier alpha value is -2.14. The predicted molar refractivity (Wildman–Crippen MR) is 80.9 cm³/mol. The van der Waals surface area contributed by atoms with E-state index in [0.29, 0.717) is 0 Å². The molecule has 2 aromatic rings. The molecule has 0 amide bonds. The van der Waals surface area contributed by atoms with Crippen molar-refractivity contribution in [2.45, 2.75) is 25.9 Å². The number of hydrogen-bond donors (Lipinski definition) is 1. The number of aryl methyl sites for hydroxylation is 1. The minimum Gasteiger partial charge on any atom is -0.481 e. The van der Waals surface area contributed by atoms with Crippen LogP contribution in [-0.2, 0) is 24.9 Å². The summed E-state index contributed by atoms with van der Waals surface area (Å²) in [7, 11) is 3.96. The van der Waals surface area contributed by atoms with Gasteiger partial charge in [0.2, 0.25) is 0 Å². The van der Waals surface area contributed by atoms with Gasteiger partial charge in [0.15, 0.2) is 0 Å². The number of aromatic nitrogens is 2. The lowest BCUT2D eigenvalue weighted by Crippen LogP contribution is -2.17. The number of hydrogen-bond acceptors (Lipinski definition) is 3. The lowest BCUT2D eigenvalue weighted by atomic mass is 10.00. The van der Waals surface area contributed by atoms with Crippen molar-refractivity contribution in [3.63, 3.8) is 0 Å². The van der Waals surface area contributed by atoms with Crippen molar-refractivity contribution in [3.8, 4) is 0 Å². The highest BCUT2D eigenvalue weighted by atomic mass is 16.4. The number of aliphatic carboxylic acids is 1. The van der Waals surface area contributed by atoms with Crippen LogP contribution in [0.2, 0.25) is 0 Å². The molecule has 2 rings (SSSR count). The topological polar surface area (TPSA) is 58.4 Å². The summed E-state index contributed by atoms with van der Waals surface area (Å²) in [6.07, 6.45) is 3.88. The van der Waals surface area contributed by atoms with Gasteiger partial charge in [-0.25, -0.2) is 0 Å². The van der Waals surface area contributed by atoms with Crippen molar-refractivity contribution < 1.29 is 9.90 Å². The number of nitrogens with zero attached hydrogens (tertiary/aromatic N) is 3. The lowest BCUT2D eigenvalue weighted by molar-refractivity contribution is -0.138. The molecule has 0 spiro atoms. The molecule has 0 saturated carbocycles. The van der Waals surface area contributed by atoms with Crippen molar-refractivity contribution in [3.05, 3.63) is 53.3 Å². The highest BCUT2D eigenvalue weighted by Gasteiger charge is 2.13. The fourth-order valence-electron chi connectivity index (χ4n) is 2.29. The average Bonchev–Trinajstić information content (AvgIpc) is 2.83. The maximum atomic E-state index is 11.0. The van der Waals surface area contributed by atoms with Gasteiger partial charge >= 0.3 is 5.97 Å². The second-order valence-electron chi connectivity index (χ2n) is 5.50. The quantitative estimate of drug-likeness (QED) is 0.885. The van der Waals surface area contributed by atoms with Crippen molar-refractivity contribution in [2.75, 3.05) is 7.05 Å². The zero-order valence-corrected chi connectivity index (χ0v) is 12.7. The molecule has 0 aliphatic heterocycles. The standard InChI is InChI=1S/C16H21N3O2/c1-12(16(20)21)15-6-4-13(5-7-15)9-18(2)10-14-8-17-19(3)11-14/h4-8,11-12H,9-10H2,1-3H3,(H,20,21). The number of carbonyl (C=O) groups is 1. The summed E-state index contributed by atoms with van der Waals surface area (Å²) in [5.41, 5.74) is 3.18. The zero-order valence-electron chi connectivity index (χ0n) is 12.7. The second kappa shape index (κ2) is 6.54. The molecule has 1 unspecified atom stereocenters. The largest absolute Gasteiger partial charge is 0.481 e. The van der Waals surface area contributed by atoms with Gasteiger partial charge in [-0.1, -0.05) is 24.3 Å². The van der Waals surface area contributed by atoms with Gasteiger partial charge in [0.05, 0.1) is 12.1 Å². The first kappa shape index (κ1) is 15.3. The van der Waals surface area contributed by atoms with Crippen molar-refractivity contribution in [1.82, 2.24) is 14.7 Å². The van der Waals surface area contributed by atoms with Crippen LogP contribution in [0.3, 0.4) is 0 Å². The van der Waals surface area contributed by atoms with Crippen LogP contribution in [0.15, 0.2) is 36.7 Å². The zero-order chi connectivity index (χ0) is 15.4. The first-order valence-corrected chi connectivity index (χ1v) is 6.93. The van der Waals surface area contributed by atoms with Crippen LogP contribution in [-0.4, -0.2) is 32.8 Å². The second-order valence-corrected chi connectivity index (χ2v) is 5.50. The molecule has 1 atom stereocenters. The fourth-order valence-corrected chi connectivity index (χ4v) is 2.29. The minimum atomic E-state index is -0.795. The third-order valence-corrected chi connectivity index (χ3v) is 3.51. The molecule has 112 valence electrons. The Morgan fingerprint density at radius 1 is 1.29 bits per heavy atom. The molecule has 1 heterocycles.